The Bertz CT molecular complexity index is 354. The van der Waals surface area contributed by atoms with Gasteiger partial charge < -0.3 is 16.8 Å². The SMILES string of the molecule is CC(CCN)CNc1ncccc1C(N)=O. The maximum Gasteiger partial charge on any atom is 0.252 e. The van der Waals surface area contributed by atoms with Crippen molar-refractivity contribution in [2.45, 2.75) is 13.3 Å². The molecular weight excluding hydrogens is 204 g/mol. The van der Waals surface area contributed by atoms with Crippen molar-refractivity contribution in [2.24, 2.45) is 17.4 Å². The van der Waals surface area contributed by atoms with E-state index in [1.165, 1.54) is 0 Å². The fraction of sp³-hybridized carbons (Fsp3) is 0.455. The van der Waals surface area contributed by atoms with Crippen molar-refractivity contribution >= 4 is 11.7 Å². The van der Waals surface area contributed by atoms with Crippen molar-refractivity contribution in [3.8, 4) is 0 Å². The number of rotatable bonds is 6. The fourth-order valence-corrected chi connectivity index (χ4v) is 1.40. The number of carbonyl (C=O) groups is 1. The topological polar surface area (TPSA) is 94.0 Å². The predicted molar refractivity (Wildman–Crippen MR) is 64.1 cm³/mol. The molecule has 0 aliphatic rings. The van der Waals surface area contributed by atoms with Crippen LogP contribution in [0.3, 0.4) is 0 Å². The van der Waals surface area contributed by atoms with Crippen LogP contribution in [-0.4, -0.2) is 24.0 Å². The lowest BCUT2D eigenvalue weighted by Gasteiger charge is -2.13. The Hall–Kier alpha value is -1.62. The lowest BCUT2D eigenvalue weighted by atomic mass is 10.1. The van der Waals surface area contributed by atoms with Gasteiger partial charge in [0.2, 0.25) is 0 Å². The molecule has 1 rings (SSSR count). The number of carbonyl (C=O) groups excluding carboxylic acids is 1. The van der Waals surface area contributed by atoms with Gasteiger partial charge in [-0.2, -0.15) is 0 Å². The van der Waals surface area contributed by atoms with Crippen molar-refractivity contribution in [3.05, 3.63) is 23.9 Å². The number of pyridine rings is 1. The van der Waals surface area contributed by atoms with Crippen molar-refractivity contribution in [2.75, 3.05) is 18.4 Å². The Morgan fingerprint density at radius 2 is 2.38 bits per heavy atom. The Morgan fingerprint density at radius 1 is 1.62 bits per heavy atom. The minimum atomic E-state index is -0.470. The lowest BCUT2D eigenvalue weighted by molar-refractivity contribution is 0.100. The first-order valence-corrected chi connectivity index (χ1v) is 5.34. The average Bonchev–Trinajstić information content (AvgIpc) is 2.27. The molecule has 0 fully saturated rings. The third-order valence-corrected chi connectivity index (χ3v) is 2.35. The number of amides is 1. The molecule has 1 atom stereocenters. The van der Waals surface area contributed by atoms with Gasteiger partial charge in [-0.15, -0.1) is 0 Å². The molecule has 0 radical (unpaired) electrons. The lowest BCUT2D eigenvalue weighted by Crippen LogP contribution is -2.19. The van der Waals surface area contributed by atoms with Gasteiger partial charge in [0.05, 0.1) is 5.56 Å². The normalized spacial score (nSPS) is 12.1. The van der Waals surface area contributed by atoms with Gasteiger partial charge in [0.25, 0.3) is 5.91 Å². The van der Waals surface area contributed by atoms with Crippen LogP contribution in [0.1, 0.15) is 23.7 Å². The van der Waals surface area contributed by atoms with Gasteiger partial charge >= 0.3 is 0 Å². The largest absolute Gasteiger partial charge is 0.369 e. The summed E-state index contributed by atoms with van der Waals surface area (Å²) < 4.78 is 0. The van der Waals surface area contributed by atoms with Crippen LogP contribution in [0.25, 0.3) is 0 Å². The number of hydrogen-bond donors (Lipinski definition) is 3. The van der Waals surface area contributed by atoms with Crippen molar-refractivity contribution in [1.29, 1.82) is 0 Å². The summed E-state index contributed by atoms with van der Waals surface area (Å²) in [5, 5.41) is 3.11. The fourth-order valence-electron chi connectivity index (χ4n) is 1.40. The van der Waals surface area contributed by atoms with E-state index in [0.717, 1.165) is 13.0 Å². The van der Waals surface area contributed by atoms with Crippen LogP contribution in [0.15, 0.2) is 18.3 Å². The zero-order chi connectivity index (χ0) is 12.0. The van der Waals surface area contributed by atoms with Gasteiger partial charge in [-0.25, -0.2) is 4.98 Å². The summed E-state index contributed by atoms with van der Waals surface area (Å²) in [6.45, 7) is 3.48. The number of nitrogens with two attached hydrogens (primary N) is 2. The van der Waals surface area contributed by atoms with Gasteiger partial charge in [-0.05, 0) is 31.0 Å². The number of primary amides is 1. The maximum absolute atomic E-state index is 11.1. The monoisotopic (exact) mass is 222 g/mol. The summed E-state index contributed by atoms with van der Waals surface area (Å²) in [7, 11) is 0. The molecular formula is C11H18N4O. The highest BCUT2D eigenvalue weighted by Crippen LogP contribution is 2.11. The number of nitrogens with one attached hydrogen (secondary N) is 1. The van der Waals surface area contributed by atoms with E-state index >= 15 is 0 Å². The van der Waals surface area contributed by atoms with E-state index in [0.29, 0.717) is 23.8 Å². The number of hydrogen-bond acceptors (Lipinski definition) is 4. The molecule has 1 aromatic heterocycles. The summed E-state index contributed by atoms with van der Waals surface area (Å²) in [5.41, 5.74) is 11.1. The van der Waals surface area contributed by atoms with Crippen LogP contribution < -0.4 is 16.8 Å². The molecule has 1 amide bonds. The molecule has 1 heterocycles. The van der Waals surface area contributed by atoms with Gasteiger partial charge in [0, 0.05) is 12.7 Å². The second-order valence-electron chi connectivity index (χ2n) is 3.83. The summed E-state index contributed by atoms with van der Waals surface area (Å²) in [6, 6.07) is 3.35. The van der Waals surface area contributed by atoms with E-state index in [1.807, 2.05) is 0 Å². The van der Waals surface area contributed by atoms with Crippen molar-refractivity contribution < 1.29 is 4.79 Å². The minimum Gasteiger partial charge on any atom is -0.369 e. The van der Waals surface area contributed by atoms with Gasteiger partial charge in [-0.3, -0.25) is 4.79 Å². The molecule has 0 aliphatic carbocycles. The van der Waals surface area contributed by atoms with Crippen molar-refractivity contribution in [1.82, 2.24) is 4.98 Å². The third kappa shape index (κ3) is 3.51. The molecule has 5 N–H and O–H groups in total. The Kier molecular flexibility index (Phi) is 4.72. The minimum absolute atomic E-state index is 0.419. The second kappa shape index (κ2) is 6.07. The van der Waals surface area contributed by atoms with Gasteiger partial charge in [-0.1, -0.05) is 6.92 Å². The molecule has 0 aromatic carbocycles. The van der Waals surface area contributed by atoms with E-state index in [9.17, 15) is 4.79 Å². The standard InChI is InChI=1S/C11H18N4O/c1-8(4-5-12)7-15-11-9(10(13)16)3-2-6-14-11/h2-3,6,8H,4-5,7,12H2,1H3,(H2,13,16)(H,14,15). The molecule has 0 saturated heterocycles. The quantitative estimate of drug-likeness (QED) is 0.656. The van der Waals surface area contributed by atoms with E-state index in [4.69, 9.17) is 11.5 Å². The number of aromatic nitrogens is 1. The number of nitrogens with zero attached hydrogens (tertiary/aromatic N) is 1. The maximum atomic E-state index is 11.1. The Morgan fingerprint density at radius 3 is 3.00 bits per heavy atom. The van der Waals surface area contributed by atoms with Crippen molar-refractivity contribution in [3.63, 3.8) is 0 Å². The van der Waals surface area contributed by atoms with E-state index in [-0.39, 0.29) is 0 Å². The first kappa shape index (κ1) is 12.4. The first-order valence-electron chi connectivity index (χ1n) is 5.34. The highest BCUT2D eigenvalue weighted by molar-refractivity contribution is 5.97. The Labute approximate surface area is 95.2 Å². The average molecular weight is 222 g/mol. The Balaban J connectivity index is 2.63. The van der Waals surface area contributed by atoms with E-state index < -0.39 is 5.91 Å². The van der Waals surface area contributed by atoms with E-state index in [1.54, 1.807) is 18.3 Å². The molecule has 0 saturated carbocycles. The molecule has 5 nitrogen and oxygen atoms in total. The van der Waals surface area contributed by atoms with Gasteiger partial charge in [0.15, 0.2) is 0 Å². The molecule has 0 spiro atoms. The van der Waals surface area contributed by atoms with Crippen LogP contribution in [-0.2, 0) is 0 Å². The van der Waals surface area contributed by atoms with Crippen LogP contribution >= 0.6 is 0 Å². The van der Waals surface area contributed by atoms with Crippen LogP contribution in [0.4, 0.5) is 5.82 Å². The summed E-state index contributed by atoms with van der Waals surface area (Å²) in [6.07, 6.45) is 2.56. The van der Waals surface area contributed by atoms with Gasteiger partial charge in [0.1, 0.15) is 5.82 Å². The van der Waals surface area contributed by atoms with E-state index in [2.05, 4.69) is 17.2 Å². The third-order valence-electron chi connectivity index (χ3n) is 2.35. The highest BCUT2D eigenvalue weighted by atomic mass is 16.1. The highest BCUT2D eigenvalue weighted by Gasteiger charge is 2.09. The summed E-state index contributed by atoms with van der Waals surface area (Å²) in [5.74, 6) is 0.508. The van der Waals surface area contributed by atoms with Crippen LogP contribution in [0, 0.1) is 5.92 Å². The molecule has 0 bridgehead atoms. The zero-order valence-electron chi connectivity index (χ0n) is 9.44. The van der Waals surface area contributed by atoms with Crippen LogP contribution in [0.2, 0.25) is 0 Å². The molecule has 1 unspecified atom stereocenters. The molecule has 16 heavy (non-hydrogen) atoms. The van der Waals surface area contributed by atoms with Crippen LogP contribution in [0.5, 0.6) is 0 Å². The smallest absolute Gasteiger partial charge is 0.252 e. The molecule has 88 valence electrons. The summed E-state index contributed by atoms with van der Waals surface area (Å²) in [4.78, 5) is 15.2. The summed E-state index contributed by atoms with van der Waals surface area (Å²) >= 11 is 0. The second-order valence-corrected chi connectivity index (χ2v) is 3.83. The molecule has 0 aliphatic heterocycles. The zero-order valence-corrected chi connectivity index (χ0v) is 9.44. The molecule has 1 aromatic rings. The predicted octanol–water partition coefficient (Wildman–Crippen LogP) is 0.577. The molecule has 5 heteroatoms. The first-order chi connectivity index (χ1) is 7.65. The number of anilines is 1.